The monoisotopic (exact) mass is 612 g/mol. The average molecular weight is 613 g/mol. The second kappa shape index (κ2) is 13.0. The molecule has 2 aromatic heterocycles. The number of aryl methyl sites for hydroxylation is 1. The number of anilines is 1. The van der Waals surface area contributed by atoms with Crippen molar-refractivity contribution in [2.45, 2.75) is 75.2 Å². The fourth-order valence-electron chi connectivity index (χ4n) is 5.25. The Morgan fingerprint density at radius 1 is 1.12 bits per heavy atom. The van der Waals surface area contributed by atoms with Gasteiger partial charge in [-0.1, -0.05) is 36.2 Å². The maximum atomic E-state index is 13.8. The van der Waals surface area contributed by atoms with Crippen molar-refractivity contribution in [3.8, 4) is 0 Å². The van der Waals surface area contributed by atoms with E-state index < -0.39 is 35.3 Å². The molecule has 2 aliphatic rings. The maximum absolute atomic E-state index is 13.8. The van der Waals surface area contributed by atoms with Crippen LogP contribution in [0.4, 0.5) is 5.82 Å². The number of halogens is 1. The molecule has 3 heterocycles. The first-order valence-electron chi connectivity index (χ1n) is 13.9. The van der Waals surface area contributed by atoms with E-state index >= 15 is 0 Å². The average Bonchev–Trinajstić information content (AvgIpc) is 3.23. The van der Waals surface area contributed by atoms with Crippen LogP contribution >= 0.6 is 23.4 Å². The van der Waals surface area contributed by atoms with Gasteiger partial charge in [0.1, 0.15) is 18.0 Å². The number of amides is 1. The number of carbonyl (C=O) groups excluding carboxylic acids is 2. The number of benzene rings is 1. The number of pyridine rings is 1. The van der Waals surface area contributed by atoms with Gasteiger partial charge in [0.05, 0.1) is 6.54 Å². The number of hydrogen-bond acceptors (Lipinski definition) is 8. The molecule has 1 aliphatic carbocycles. The van der Waals surface area contributed by atoms with E-state index in [1.165, 1.54) is 16.4 Å². The van der Waals surface area contributed by atoms with Crippen molar-refractivity contribution in [2.24, 2.45) is 0 Å². The number of ether oxygens (including phenoxy) is 1. The van der Waals surface area contributed by atoms with Crippen LogP contribution in [-0.2, 0) is 27.4 Å². The summed E-state index contributed by atoms with van der Waals surface area (Å²) in [4.78, 5) is 59.3. The number of thioether (sulfide) groups is 1. The number of fused-ring (bicyclic) bond motifs is 1. The van der Waals surface area contributed by atoms with E-state index in [9.17, 15) is 19.2 Å². The third kappa shape index (κ3) is 6.49. The highest BCUT2D eigenvalue weighted by Crippen LogP contribution is 2.27. The van der Waals surface area contributed by atoms with Gasteiger partial charge in [0.2, 0.25) is 5.91 Å². The molecule has 11 nitrogen and oxygen atoms in total. The van der Waals surface area contributed by atoms with Crippen LogP contribution in [0.1, 0.15) is 55.4 Å². The van der Waals surface area contributed by atoms with Crippen molar-refractivity contribution in [2.75, 3.05) is 11.5 Å². The summed E-state index contributed by atoms with van der Waals surface area (Å²) in [6, 6.07) is 8.22. The van der Waals surface area contributed by atoms with E-state index in [0.717, 1.165) is 51.8 Å². The number of esters is 1. The molecule has 5 rings (SSSR count). The molecule has 0 radical (unpaired) electrons. The van der Waals surface area contributed by atoms with Gasteiger partial charge in [-0.25, -0.2) is 33.3 Å². The predicted octanol–water partition coefficient (Wildman–Crippen LogP) is 3.39. The SMILES string of the molecule is Cc1nc(N)ccc1CNC(=O)C1C=CCn2c(=O)n(C(CSc3ccc(Cl)cc3)C(=O)OC3CCCCC3)c(=O)n21. The summed E-state index contributed by atoms with van der Waals surface area (Å²) >= 11 is 7.33. The van der Waals surface area contributed by atoms with Crippen molar-refractivity contribution in [1.29, 1.82) is 0 Å². The number of hydrogen-bond donors (Lipinski definition) is 2. The molecule has 1 aromatic carbocycles. The predicted molar refractivity (Wildman–Crippen MR) is 161 cm³/mol. The van der Waals surface area contributed by atoms with Gasteiger partial charge in [0.15, 0.2) is 6.04 Å². The summed E-state index contributed by atoms with van der Waals surface area (Å²) in [7, 11) is 0. The minimum absolute atomic E-state index is 0.0834. The van der Waals surface area contributed by atoms with E-state index in [4.69, 9.17) is 22.1 Å². The third-order valence-electron chi connectivity index (χ3n) is 7.53. The van der Waals surface area contributed by atoms with Crippen LogP contribution in [0.5, 0.6) is 0 Å². The summed E-state index contributed by atoms with van der Waals surface area (Å²) in [5, 5.41) is 3.39. The fraction of sp³-hybridized carbons (Fsp3) is 0.414. The van der Waals surface area contributed by atoms with Gasteiger partial charge >= 0.3 is 17.3 Å². The van der Waals surface area contributed by atoms with Crippen LogP contribution in [0.15, 0.2) is 63.0 Å². The molecule has 3 aromatic rings. The Morgan fingerprint density at radius 2 is 1.86 bits per heavy atom. The quantitative estimate of drug-likeness (QED) is 0.213. The van der Waals surface area contributed by atoms with E-state index in [1.54, 1.807) is 55.5 Å². The molecule has 1 fully saturated rings. The topological polar surface area (TPSA) is 143 Å². The first-order valence-corrected chi connectivity index (χ1v) is 15.3. The van der Waals surface area contributed by atoms with E-state index in [-0.39, 0.29) is 24.9 Å². The zero-order valence-corrected chi connectivity index (χ0v) is 24.8. The fourth-order valence-corrected chi connectivity index (χ4v) is 6.34. The molecule has 2 atom stereocenters. The molecule has 222 valence electrons. The van der Waals surface area contributed by atoms with E-state index in [2.05, 4.69) is 10.3 Å². The standard InChI is InChI=1S/C29H33ClN6O5S/c1-18-19(9-14-25(31)33-18)16-32-26(37)23-8-5-15-34-28(39)35(29(40)36(23)34)24(17-42-22-12-10-20(30)11-13-22)27(38)41-21-6-3-2-4-7-21/h5,8-14,21,23-24H,2-4,6-7,15-17H2,1H3,(H2,31,33)(H,32,37). The highest BCUT2D eigenvalue weighted by molar-refractivity contribution is 7.99. The Kier molecular flexibility index (Phi) is 9.22. The van der Waals surface area contributed by atoms with Gasteiger partial charge < -0.3 is 15.8 Å². The Morgan fingerprint density at radius 3 is 2.57 bits per heavy atom. The first-order chi connectivity index (χ1) is 20.2. The molecule has 1 aliphatic heterocycles. The number of nitrogens with two attached hydrogens (primary N) is 1. The lowest BCUT2D eigenvalue weighted by Crippen LogP contribution is -2.42. The molecular formula is C29H33ClN6O5S. The van der Waals surface area contributed by atoms with Crippen LogP contribution < -0.4 is 22.4 Å². The summed E-state index contributed by atoms with van der Waals surface area (Å²) in [6.07, 6.45) is 7.48. The van der Waals surface area contributed by atoms with Crippen LogP contribution in [-0.4, -0.2) is 42.6 Å². The molecule has 13 heteroatoms. The smallest absolute Gasteiger partial charge is 0.349 e. The number of nitrogens with one attached hydrogen (secondary N) is 1. The van der Waals surface area contributed by atoms with Crippen molar-refractivity contribution in [3.63, 3.8) is 0 Å². The Hall–Kier alpha value is -3.77. The largest absolute Gasteiger partial charge is 0.461 e. The number of carbonyl (C=O) groups is 2. The summed E-state index contributed by atoms with van der Waals surface area (Å²) in [5.41, 5.74) is 5.74. The van der Waals surface area contributed by atoms with Gasteiger partial charge in [-0.2, -0.15) is 0 Å². The van der Waals surface area contributed by atoms with Crippen molar-refractivity contribution in [3.05, 3.63) is 85.8 Å². The Balaban J connectivity index is 1.43. The lowest BCUT2D eigenvalue weighted by atomic mass is 9.98. The zero-order valence-electron chi connectivity index (χ0n) is 23.2. The van der Waals surface area contributed by atoms with Crippen LogP contribution in [0.2, 0.25) is 5.02 Å². The summed E-state index contributed by atoms with van der Waals surface area (Å²) in [6.45, 7) is 2.03. The molecule has 3 N–H and O–H groups in total. The second-order valence-electron chi connectivity index (χ2n) is 10.4. The number of nitrogens with zero attached hydrogens (tertiary/aromatic N) is 4. The van der Waals surface area contributed by atoms with Gasteiger partial charge in [-0.05, 0) is 68.5 Å². The van der Waals surface area contributed by atoms with E-state index in [1.807, 2.05) is 0 Å². The number of aromatic nitrogens is 4. The van der Waals surface area contributed by atoms with Crippen LogP contribution in [0.25, 0.3) is 0 Å². The lowest BCUT2D eigenvalue weighted by molar-refractivity contribution is -0.154. The van der Waals surface area contributed by atoms with Crippen LogP contribution in [0, 0.1) is 6.92 Å². The summed E-state index contributed by atoms with van der Waals surface area (Å²) < 4.78 is 9.07. The van der Waals surface area contributed by atoms with Crippen LogP contribution in [0.3, 0.4) is 0 Å². The van der Waals surface area contributed by atoms with Gasteiger partial charge in [-0.15, -0.1) is 11.8 Å². The highest BCUT2D eigenvalue weighted by Gasteiger charge is 2.35. The summed E-state index contributed by atoms with van der Waals surface area (Å²) in [5.74, 6) is -0.654. The van der Waals surface area contributed by atoms with E-state index in [0.29, 0.717) is 16.5 Å². The molecule has 0 spiro atoms. The molecule has 1 amide bonds. The van der Waals surface area contributed by atoms with Crippen molar-refractivity contribution < 1.29 is 14.3 Å². The van der Waals surface area contributed by atoms with Gasteiger partial charge in [0, 0.05) is 27.9 Å². The minimum Gasteiger partial charge on any atom is -0.461 e. The van der Waals surface area contributed by atoms with Gasteiger partial charge in [0.25, 0.3) is 0 Å². The molecule has 0 bridgehead atoms. The van der Waals surface area contributed by atoms with Crippen molar-refractivity contribution >= 4 is 41.1 Å². The Bertz CT molecular complexity index is 1610. The molecule has 2 unspecified atom stereocenters. The second-order valence-corrected chi connectivity index (χ2v) is 11.9. The Labute approximate surface area is 251 Å². The molecule has 42 heavy (non-hydrogen) atoms. The third-order valence-corrected chi connectivity index (χ3v) is 8.87. The highest BCUT2D eigenvalue weighted by atomic mass is 35.5. The number of nitrogen functional groups attached to an aromatic ring is 1. The normalized spacial score (nSPS) is 17.4. The maximum Gasteiger partial charge on any atom is 0.349 e. The molecule has 1 saturated carbocycles. The molecule has 0 saturated heterocycles. The number of allylic oxidation sites excluding steroid dienone is 1. The molecular weight excluding hydrogens is 580 g/mol. The van der Waals surface area contributed by atoms with Gasteiger partial charge in [-0.3, -0.25) is 4.79 Å². The van der Waals surface area contributed by atoms with Crippen molar-refractivity contribution in [1.82, 2.24) is 24.2 Å². The minimum atomic E-state index is -1.19. The zero-order chi connectivity index (χ0) is 29.8. The lowest BCUT2D eigenvalue weighted by Gasteiger charge is -2.24. The first kappa shape index (κ1) is 29.7. The number of rotatable bonds is 9.